The largest absolute Gasteiger partial charge is 0.459 e. The summed E-state index contributed by atoms with van der Waals surface area (Å²) in [7, 11) is 0. The zero-order valence-electron chi connectivity index (χ0n) is 10.4. The van der Waals surface area contributed by atoms with Gasteiger partial charge >= 0.3 is 5.97 Å². The van der Waals surface area contributed by atoms with Gasteiger partial charge in [-0.3, -0.25) is 4.79 Å². The first-order valence-electron chi connectivity index (χ1n) is 5.32. The smallest absolute Gasteiger partial charge is 0.323 e. The molecular formula is C11H23NO3. The van der Waals surface area contributed by atoms with Crippen LogP contribution in [0.25, 0.3) is 0 Å². The molecule has 0 radical (unpaired) electrons. The van der Waals surface area contributed by atoms with Gasteiger partial charge in [-0.25, -0.2) is 0 Å². The first-order chi connectivity index (χ1) is 6.79. The van der Waals surface area contributed by atoms with Gasteiger partial charge in [0.1, 0.15) is 12.1 Å². The lowest BCUT2D eigenvalue weighted by Crippen LogP contribution is -2.44. The van der Waals surface area contributed by atoms with Gasteiger partial charge in [-0.2, -0.15) is 0 Å². The normalized spacial score (nSPS) is 15.9. The Labute approximate surface area is 92.1 Å². The van der Waals surface area contributed by atoms with Gasteiger partial charge in [0, 0.05) is 6.61 Å². The molecule has 2 N–H and O–H groups in total. The van der Waals surface area contributed by atoms with Gasteiger partial charge in [0.05, 0.1) is 6.61 Å². The lowest BCUT2D eigenvalue weighted by Gasteiger charge is -2.26. The van der Waals surface area contributed by atoms with Gasteiger partial charge in [-0.05, 0) is 19.3 Å². The van der Waals surface area contributed by atoms with Crippen molar-refractivity contribution in [1.29, 1.82) is 0 Å². The molecule has 0 aliphatic heterocycles. The van der Waals surface area contributed by atoms with E-state index in [0.717, 1.165) is 0 Å². The molecule has 0 aromatic rings. The van der Waals surface area contributed by atoms with Gasteiger partial charge in [0.25, 0.3) is 0 Å². The molecule has 0 saturated heterocycles. The van der Waals surface area contributed by atoms with Crippen molar-refractivity contribution in [1.82, 2.24) is 0 Å². The molecule has 0 aliphatic rings. The molecule has 2 atom stereocenters. The van der Waals surface area contributed by atoms with E-state index < -0.39 is 6.04 Å². The fourth-order valence-corrected chi connectivity index (χ4v) is 0.943. The van der Waals surface area contributed by atoms with E-state index >= 15 is 0 Å². The van der Waals surface area contributed by atoms with E-state index in [9.17, 15) is 4.79 Å². The third-order valence-electron chi connectivity index (χ3n) is 2.06. The Hall–Kier alpha value is -0.610. The standard InChI is InChI=1S/C11H23NO3/c1-6-14-7-8(2)15-10(13)9(12)11(3,4)5/h8-9H,6-7,12H2,1-5H3. The van der Waals surface area contributed by atoms with Crippen LogP contribution in [0.4, 0.5) is 0 Å². The fourth-order valence-electron chi connectivity index (χ4n) is 0.943. The molecule has 90 valence electrons. The fraction of sp³-hybridized carbons (Fsp3) is 0.909. The number of ether oxygens (including phenoxy) is 2. The first-order valence-corrected chi connectivity index (χ1v) is 5.32. The van der Waals surface area contributed by atoms with Crippen LogP contribution in [-0.2, 0) is 14.3 Å². The molecule has 0 aromatic carbocycles. The van der Waals surface area contributed by atoms with E-state index in [4.69, 9.17) is 15.2 Å². The van der Waals surface area contributed by atoms with Crippen molar-refractivity contribution in [3.63, 3.8) is 0 Å². The molecule has 0 bridgehead atoms. The molecule has 0 spiro atoms. The van der Waals surface area contributed by atoms with Crippen LogP contribution >= 0.6 is 0 Å². The molecule has 15 heavy (non-hydrogen) atoms. The second kappa shape index (κ2) is 6.08. The number of hydrogen-bond donors (Lipinski definition) is 1. The predicted molar refractivity (Wildman–Crippen MR) is 59.5 cm³/mol. The average molecular weight is 217 g/mol. The van der Waals surface area contributed by atoms with E-state index in [0.29, 0.717) is 13.2 Å². The Morgan fingerprint density at radius 3 is 2.33 bits per heavy atom. The highest BCUT2D eigenvalue weighted by Crippen LogP contribution is 2.18. The van der Waals surface area contributed by atoms with Crippen molar-refractivity contribution in [3.8, 4) is 0 Å². The van der Waals surface area contributed by atoms with Crippen LogP contribution in [0.5, 0.6) is 0 Å². The minimum absolute atomic E-state index is 0.245. The van der Waals surface area contributed by atoms with Crippen LogP contribution in [0.2, 0.25) is 0 Å². The van der Waals surface area contributed by atoms with E-state index in [1.165, 1.54) is 0 Å². The number of carbonyl (C=O) groups excluding carboxylic acids is 1. The summed E-state index contributed by atoms with van der Waals surface area (Å²) in [5, 5.41) is 0. The van der Waals surface area contributed by atoms with E-state index in [1.807, 2.05) is 27.7 Å². The third kappa shape index (κ3) is 5.74. The van der Waals surface area contributed by atoms with Crippen LogP contribution in [0.3, 0.4) is 0 Å². The molecule has 0 heterocycles. The lowest BCUT2D eigenvalue weighted by molar-refractivity contribution is -0.155. The summed E-state index contributed by atoms with van der Waals surface area (Å²) in [5.41, 5.74) is 5.48. The van der Waals surface area contributed by atoms with Crippen molar-refractivity contribution in [2.24, 2.45) is 11.1 Å². The molecule has 0 rings (SSSR count). The van der Waals surface area contributed by atoms with Crippen LogP contribution in [0, 0.1) is 5.41 Å². The zero-order valence-corrected chi connectivity index (χ0v) is 10.4. The quantitative estimate of drug-likeness (QED) is 0.706. The lowest BCUT2D eigenvalue weighted by atomic mass is 9.87. The van der Waals surface area contributed by atoms with Gasteiger partial charge in [-0.1, -0.05) is 20.8 Å². The summed E-state index contributed by atoms with van der Waals surface area (Å²) in [4.78, 5) is 11.6. The van der Waals surface area contributed by atoms with Crippen LogP contribution in [0.15, 0.2) is 0 Å². The number of rotatable bonds is 5. The van der Waals surface area contributed by atoms with Crippen LogP contribution in [0.1, 0.15) is 34.6 Å². The Kier molecular flexibility index (Phi) is 5.83. The highest BCUT2D eigenvalue weighted by molar-refractivity contribution is 5.76. The van der Waals surface area contributed by atoms with Crippen LogP contribution in [-0.4, -0.2) is 31.3 Å². The first kappa shape index (κ1) is 14.4. The van der Waals surface area contributed by atoms with Gasteiger partial charge in [0.15, 0.2) is 0 Å². The van der Waals surface area contributed by atoms with E-state index in [-0.39, 0.29) is 17.5 Å². The summed E-state index contributed by atoms with van der Waals surface area (Å²) in [6.07, 6.45) is -0.245. The topological polar surface area (TPSA) is 61.5 Å². The third-order valence-corrected chi connectivity index (χ3v) is 2.06. The minimum Gasteiger partial charge on any atom is -0.459 e. The summed E-state index contributed by atoms with van der Waals surface area (Å²) < 4.78 is 10.3. The maximum absolute atomic E-state index is 11.6. The number of carbonyl (C=O) groups is 1. The summed E-state index contributed by atoms with van der Waals surface area (Å²) in [6.45, 7) is 10.5. The summed E-state index contributed by atoms with van der Waals surface area (Å²) in [6, 6.07) is -0.596. The molecule has 0 aliphatic carbocycles. The molecule has 4 nitrogen and oxygen atoms in total. The molecule has 0 saturated carbocycles. The number of hydrogen-bond acceptors (Lipinski definition) is 4. The summed E-state index contributed by atoms with van der Waals surface area (Å²) >= 11 is 0. The van der Waals surface area contributed by atoms with Crippen molar-refractivity contribution < 1.29 is 14.3 Å². The molecule has 0 amide bonds. The van der Waals surface area contributed by atoms with Crippen LogP contribution < -0.4 is 5.73 Å². The van der Waals surface area contributed by atoms with Gasteiger partial charge < -0.3 is 15.2 Å². The number of esters is 1. The summed E-state index contributed by atoms with van der Waals surface area (Å²) in [5.74, 6) is -0.366. The van der Waals surface area contributed by atoms with Crippen molar-refractivity contribution >= 4 is 5.97 Å². The molecule has 4 heteroatoms. The zero-order chi connectivity index (χ0) is 12.1. The Balaban J connectivity index is 4.02. The molecule has 0 fully saturated rings. The van der Waals surface area contributed by atoms with E-state index in [1.54, 1.807) is 6.92 Å². The van der Waals surface area contributed by atoms with Crippen molar-refractivity contribution in [3.05, 3.63) is 0 Å². The average Bonchev–Trinajstić information content (AvgIpc) is 2.11. The monoisotopic (exact) mass is 217 g/mol. The minimum atomic E-state index is -0.596. The molecule has 2 unspecified atom stereocenters. The molecule has 0 aromatic heterocycles. The maximum Gasteiger partial charge on any atom is 0.323 e. The Bertz CT molecular complexity index is 198. The maximum atomic E-state index is 11.6. The second-order valence-electron chi connectivity index (χ2n) is 4.75. The number of nitrogens with two attached hydrogens (primary N) is 1. The van der Waals surface area contributed by atoms with Gasteiger partial charge in [0.2, 0.25) is 0 Å². The highest BCUT2D eigenvalue weighted by atomic mass is 16.6. The van der Waals surface area contributed by atoms with Gasteiger partial charge in [-0.15, -0.1) is 0 Å². The Morgan fingerprint density at radius 2 is 1.93 bits per heavy atom. The van der Waals surface area contributed by atoms with Crippen molar-refractivity contribution in [2.75, 3.05) is 13.2 Å². The second-order valence-corrected chi connectivity index (χ2v) is 4.75. The van der Waals surface area contributed by atoms with E-state index in [2.05, 4.69) is 0 Å². The van der Waals surface area contributed by atoms with Crippen molar-refractivity contribution in [2.45, 2.75) is 46.8 Å². The Morgan fingerprint density at radius 1 is 1.40 bits per heavy atom. The predicted octanol–water partition coefficient (Wildman–Crippen LogP) is 1.33. The SMILES string of the molecule is CCOCC(C)OC(=O)C(N)C(C)(C)C. The molecular weight excluding hydrogens is 194 g/mol. The highest BCUT2D eigenvalue weighted by Gasteiger charge is 2.29.